The molecule has 3 aromatic rings. The molecule has 2 heterocycles. The van der Waals surface area contributed by atoms with Gasteiger partial charge < -0.3 is 15.4 Å². The lowest BCUT2D eigenvalue weighted by Gasteiger charge is -2.12. The SMILES string of the molecule is Cc1c(-c2cccc(S(=O)(=O)N(C)C)c2)c2nc(C(=O)O)ccc2n1CC(F)=CCN.Cl.Cl. The number of fused-ring (bicyclic) bond motifs is 1. The number of halogens is 3. The zero-order valence-electron chi connectivity index (χ0n) is 18.1. The lowest BCUT2D eigenvalue weighted by Crippen LogP contribution is -2.22. The molecule has 0 bridgehead atoms. The van der Waals surface area contributed by atoms with Gasteiger partial charge in [-0.15, -0.1) is 24.8 Å². The Morgan fingerprint density at radius 2 is 1.91 bits per heavy atom. The van der Waals surface area contributed by atoms with Crippen molar-refractivity contribution in [1.82, 2.24) is 13.9 Å². The lowest BCUT2D eigenvalue weighted by molar-refractivity contribution is 0.0691. The highest BCUT2D eigenvalue weighted by molar-refractivity contribution is 7.89. The maximum Gasteiger partial charge on any atom is 0.354 e. The van der Waals surface area contributed by atoms with E-state index in [1.54, 1.807) is 29.7 Å². The summed E-state index contributed by atoms with van der Waals surface area (Å²) in [6.45, 7) is 1.69. The average molecular weight is 519 g/mol. The van der Waals surface area contributed by atoms with E-state index < -0.39 is 21.8 Å². The monoisotopic (exact) mass is 518 g/mol. The summed E-state index contributed by atoms with van der Waals surface area (Å²) in [4.78, 5) is 15.8. The fourth-order valence-electron chi connectivity index (χ4n) is 3.38. The van der Waals surface area contributed by atoms with Crippen LogP contribution in [0, 0.1) is 6.92 Å². The van der Waals surface area contributed by atoms with Crippen LogP contribution in [-0.4, -0.2) is 54.0 Å². The van der Waals surface area contributed by atoms with E-state index in [4.69, 9.17) is 5.73 Å². The maximum absolute atomic E-state index is 14.3. The number of allylic oxidation sites excluding steroid dienone is 1. The summed E-state index contributed by atoms with van der Waals surface area (Å²) < 4.78 is 42.2. The van der Waals surface area contributed by atoms with Gasteiger partial charge in [0.25, 0.3) is 0 Å². The number of aromatic carboxylic acids is 1. The number of nitrogens with zero attached hydrogens (tertiary/aromatic N) is 3. The summed E-state index contributed by atoms with van der Waals surface area (Å²) in [5.41, 5.74) is 7.79. The normalized spacial score (nSPS) is 11.9. The number of pyridine rings is 1. The van der Waals surface area contributed by atoms with Crippen LogP contribution in [-0.2, 0) is 16.6 Å². The first-order chi connectivity index (χ1) is 14.6. The van der Waals surface area contributed by atoms with Crippen LogP contribution in [0.2, 0.25) is 0 Å². The number of carbonyl (C=O) groups is 1. The second kappa shape index (κ2) is 11.1. The van der Waals surface area contributed by atoms with Crippen molar-refractivity contribution in [2.24, 2.45) is 5.73 Å². The van der Waals surface area contributed by atoms with Crippen molar-refractivity contribution in [3.8, 4) is 11.1 Å². The smallest absolute Gasteiger partial charge is 0.354 e. The summed E-state index contributed by atoms with van der Waals surface area (Å²) in [5.74, 6) is -1.64. The molecule has 12 heteroatoms. The van der Waals surface area contributed by atoms with Gasteiger partial charge >= 0.3 is 5.97 Å². The summed E-state index contributed by atoms with van der Waals surface area (Å²) in [7, 11) is -0.812. The maximum atomic E-state index is 14.3. The van der Waals surface area contributed by atoms with Crippen molar-refractivity contribution in [2.75, 3.05) is 20.6 Å². The molecule has 0 aliphatic heterocycles. The molecule has 33 heavy (non-hydrogen) atoms. The molecule has 1 aromatic carbocycles. The van der Waals surface area contributed by atoms with E-state index in [0.29, 0.717) is 27.9 Å². The Balaban J connectivity index is 0.00000272. The van der Waals surface area contributed by atoms with Crippen LogP contribution < -0.4 is 5.73 Å². The Labute approximate surface area is 203 Å². The molecule has 0 aliphatic rings. The lowest BCUT2D eigenvalue weighted by atomic mass is 10.0. The van der Waals surface area contributed by atoms with E-state index in [2.05, 4.69) is 4.98 Å². The van der Waals surface area contributed by atoms with Gasteiger partial charge in [0.2, 0.25) is 10.0 Å². The summed E-state index contributed by atoms with van der Waals surface area (Å²) in [6.07, 6.45) is 1.26. The molecule has 180 valence electrons. The number of carboxylic acids is 1. The number of carboxylic acid groups (broad SMARTS) is 1. The van der Waals surface area contributed by atoms with Gasteiger partial charge in [-0.2, -0.15) is 0 Å². The molecule has 3 N–H and O–H groups in total. The van der Waals surface area contributed by atoms with E-state index in [9.17, 15) is 22.7 Å². The summed E-state index contributed by atoms with van der Waals surface area (Å²) in [5, 5.41) is 9.37. The molecular formula is C21H25Cl2FN4O4S. The highest BCUT2D eigenvalue weighted by Gasteiger charge is 2.22. The minimum atomic E-state index is -3.69. The van der Waals surface area contributed by atoms with Crippen LogP contribution in [0.3, 0.4) is 0 Å². The molecule has 0 spiro atoms. The van der Waals surface area contributed by atoms with Crippen molar-refractivity contribution in [2.45, 2.75) is 18.4 Å². The Hall–Kier alpha value is -2.50. The van der Waals surface area contributed by atoms with Crippen LogP contribution in [0.25, 0.3) is 22.2 Å². The van der Waals surface area contributed by atoms with Gasteiger partial charge in [0.15, 0.2) is 0 Å². The number of nitrogens with two attached hydrogens (primary N) is 1. The quantitative estimate of drug-likeness (QED) is 0.493. The zero-order valence-corrected chi connectivity index (χ0v) is 20.6. The van der Waals surface area contributed by atoms with Crippen LogP contribution in [0.4, 0.5) is 4.39 Å². The van der Waals surface area contributed by atoms with Crippen LogP contribution in [0.5, 0.6) is 0 Å². The molecular weight excluding hydrogens is 494 g/mol. The molecule has 0 unspecified atom stereocenters. The first-order valence-electron chi connectivity index (χ1n) is 9.38. The molecule has 0 saturated carbocycles. The topological polar surface area (TPSA) is 119 Å². The third-order valence-electron chi connectivity index (χ3n) is 4.94. The van der Waals surface area contributed by atoms with Crippen molar-refractivity contribution in [3.63, 3.8) is 0 Å². The highest BCUT2D eigenvalue weighted by atomic mass is 35.5. The van der Waals surface area contributed by atoms with E-state index in [1.165, 1.54) is 38.4 Å². The minimum absolute atomic E-state index is 0. The van der Waals surface area contributed by atoms with Crippen molar-refractivity contribution in [1.29, 1.82) is 0 Å². The number of benzene rings is 1. The van der Waals surface area contributed by atoms with Gasteiger partial charge in [0, 0.05) is 31.9 Å². The van der Waals surface area contributed by atoms with Crippen LogP contribution in [0.15, 0.2) is 53.2 Å². The Bertz CT molecular complexity index is 1310. The number of hydrogen-bond acceptors (Lipinski definition) is 5. The summed E-state index contributed by atoms with van der Waals surface area (Å²) >= 11 is 0. The molecule has 0 radical (unpaired) electrons. The third-order valence-corrected chi connectivity index (χ3v) is 6.75. The number of hydrogen-bond donors (Lipinski definition) is 2. The Morgan fingerprint density at radius 3 is 2.48 bits per heavy atom. The molecule has 0 fully saturated rings. The largest absolute Gasteiger partial charge is 0.477 e. The van der Waals surface area contributed by atoms with Gasteiger partial charge in [0.1, 0.15) is 11.5 Å². The van der Waals surface area contributed by atoms with Crippen molar-refractivity contribution >= 4 is 51.8 Å². The van der Waals surface area contributed by atoms with E-state index in [1.807, 2.05) is 0 Å². The van der Waals surface area contributed by atoms with Gasteiger partial charge in [-0.25, -0.2) is 26.9 Å². The molecule has 3 rings (SSSR count). The predicted molar refractivity (Wildman–Crippen MR) is 130 cm³/mol. The third kappa shape index (κ3) is 5.53. The van der Waals surface area contributed by atoms with E-state index in [0.717, 1.165) is 4.31 Å². The first kappa shape index (κ1) is 28.5. The van der Waals surface area contributed by atoms with Gasteiger partial charge in [-0.1, -0.05) is 12.1 Å². The summed E-state index contributed by atoms with van der Waals surface area (Å²) in [6, 6.07) is 9.21. The van der Waals surface area contributed by atoms with Crippen molar-refractivity contribution in [3.05, 3.63) is 59.7 Å². The highest BCUT2D eigenvalue weighted by Crippen LogP contribution is 2.35. The standard InChI is InChI=1S/C21H23FN4O4S.2ClH/c1-13-19(14-5-4-6-16(11-14)31(29,30)25(2)3)20-18(8-7-17(24-20)21(27)28)26(13)12-15(22)9-10-23;;/h4-9,11H,10,12,23H2,1-3H3,(H,27,28);2*1H. The molecule has 0 saturated heterocycles. The number of aromatic nitrogens is 2. The average Bonchev–Trinajstić information content (AvgIpc) is 2.99. The van der Waals surface area contributed by atoms with Crippen LogP contribution >= 0.6 is 24.8 Å². The van der Waals surface area contributed by atoms with Crippen LogP contribution in [0.1, 0.15) is 16.2 Å². The Morgan fingerprint density at radius 1 is 1.24 bits per heavy atom. The van der Waals surface area contributed by atoms with E-state index in [-0.39, 0.29) is 48.5 Å². The second-order valence-corrected chi connectivity index (χ2v) is 9.27. The van der Waals surface area contributed by atoms with Gasteiger partial charge in [-0.05, 0) is 42.8 Å². The molecule has 0 aliphatic carbocycles. The number of rotatable bonds is 7. The first-order valence-corrected chi connectivity index (χ1v) is 10.8. The van der Waals surface area contributed by atoms with Gasteiger partial charge in [-0.3, -0.25) is 0 Å². The number of sulfonamides is 1. The fraction of sp³-hybridized carbons (Fsp3) is 0.238. The molecule has 2 aromatic heterocycles. The minimum Gasteiger partial charge on any atom is -0.477 e. The second-order valence-electron chi connectivity index (χ2n) is 7.12. The molecule has 0 atom stereocenters. The fourth-order valence-corrected chi connectivity index (χ4v) is 4.32. The Kier molecular flexibility index (Phi) is 9.58. The zero-order chi connectivity index (χ0) is 22.9. The van der Waals surface area contributed by atoms with Crippen molar-refractivity contribution < 1.29 is 22.7 Å². The molecule has 0 amide bonds. The predicted octanol–water partition coefficient (Wildman–Crippen LogP) is 3.62. The van der Waals surface area contributed by atoms with Gasteiger partial charge in [0.05, 0.1) is 22.5 Å². The van der Waals surface area contributed by atoms with E-state index >= 15 is 0 Å². The molecule has 8 nitrogen and oxygen atoms in total.